The molecule has 0 amide bonds. The Morgan fingerprint density at radius 2 is 2.11 bits per heavy atom. The number of nitrogens with one attached hydrogen (secondary N) is 1. The Hall–Kier alpha value is -0.710. The van der Waals surface area contributed by atoms with Gasteiger partial charge in [-0.15, -0.1) is 11.3 Å². The molecule has 0 aliphatic heterocycles. The number of hydrogen-bond acceptors (Lipinski definition) is 2. The van der Waals surface area contributed by atoms with Gasteiger partial charge in [0.2, 0.25) is 0 Å². The second-order valence-corrected chi connectivity index (χ2v) is 6.51. The Labute approximate surface area is 119 Å². The molecule has 4 heteroatoms. The average molecular weight is 328 g/mol. The summed E-state index contributed by atoms with van der Waals surface area (Å²) in [6.45, 7) is 2.10. The lowest BCUT2D eigenvalue weighted by Crippen LogP contribution is -2.17. The van der Waals surface area contributed by atoms with Crippen LogP contribution in [0.15, 0.2) is 34.8 Å². The van der Waals surface area contributed by atoms with Gasteiger partial charge < -0.3 is 5.32 Å². The fourth-order valence-corrected chi connectivity index (χ4v) is 3.45. The van der Waals surface area contributed by atoms with Gasteiger partial charge in [-0.1, -0.05) is 15.9 Å². The van der Waals surface area contributed by atoms with E-state index in [0.29, 0.717) is 0 Å². The molecule has 0 saturated carbocycles. The largest absolute Gasteiger partial charge is 0.312 e. The number of aryl methyl sites for hydroxylation is 1. The monoisotopic (exact) mass is 327 g/mol. The van der Waals surface area contributed by atoms with Crippen molar-refractivity contribution in [2.75, 3.05) is 7.05 Å². The first-order chi connectivity index (χ1) is 8.58. The first-order valence-electron chi connectivity index (χ1n) is 5.77. The minimum Gasteiger partial charge on any atom is -0.312 e. The van der Waals surface area contributed by atoms with Crippen LogP contribution in [0.5, 0.6) is 0 Å². The van der Waals surface area contributed by atoms with E-state index in [9.17, 15) is 4.39 Å². The summed E-state index contributed by atoms with van der Waals surface area (Å²) in [4.78, 5) is 2.58. The molecule has 2 rings (SSSR count). The molecule has 1 heterocycles. The van der Waals surface area contributed by atoms with Crippen LogP contribution in [0.25, 0.3) is 0 Å². The Kier molecular flexibility index (Phi) is 4.54. The Balaban J connectivity index is 2.20. The molecule has 18 heavy (non-hydrogen) atoms. The normalized spacial score (nSPS) is 12.7. The summed E-state index contributed by atoms with van der Waals surface area (Å²) in [5, 5.41) is 3.29. The number of halogens is 2. The standard InChI is InChI=1S/C14H15BrFNS/c1-9-3-4-14(18-9)13(17-2)7-10-5-11(15)8-12(16)6-10/h3-6,8,13,17H,7H2,1-2H3. The van der Waals surface area contributed by atoms with Crippen molar-refractivity contribution in [3.05, 3.63) is 55.9 Å². The summed E-state index contributed by atoms with van der Waals surface area (Å²) < 4.78 is 14.1. The van der Waals surface area contributed by atoms with Gasteiger partial charge in [0.15, 0.2) is 0 Å². The predicted molar refractivity (Wildman–Crippen MR) is 78.7 cm³/mol. The highest BCUT2D eigenvalue weighted by Gasteiger charge is 2.12. The molecule has 0 radical (unpaired) electrons. The lowest BCUT2D eigenvalue weighted by Gasteiger charge is -2.15. The summed E-state index contributed by atoms with van der Waals surface area (Å²) in [7, 11) is 1.94. The van der Waals surface area contributed by atoms with Crippen LogP contribution in [-0.4, -0.2) is 7.05 Å². The Morgan fingerprint density at radius 3 is 2.67 bits per heavy atom. The number of thiophene rings is 1. The minimum absolute atomic E-state index is 0.198. The molecule has 1 aromatic heterocycles. The maximum atomic E-state index is 13.3. The van der Waals surface area contributed by atoms with Crippen LogP contribution in [0, 0.1) is 12.7 Å². The van der Waals surface area contributed by atoms with Crippen molar-refractivity contribution < 1.29 is 4.39 Å². The first kappa shape index (κ1) is 13.7. The van der Waals surface area contributed by atoms with Gasteiger partial charge in [-0.05, 0) is 56.3 Å². The Morgan fingerprint density at radius 1 is 1.33 bits per heavy atom. The van der Waals surface area contributed by atoms with E-state index < -0.39 is 0 Å². The molecule has 1 aromatic carbocycles. The number of benzene rings is 1. The maximum Gasteiger partial charge on any atom is 0.124 e. The van der Waals surface area contributed by atoms with Crippen LogP contribution in [-0.2, 0) is 6.42 Å². The van der Waals surface area contributed by atoms with Crippen molar-refractivity contribution in [2.45, 2.75) is 19.4 Å². The maximum absolute atomic E-state index is 13.3. The van der Waals surface area contributed by atoms with E-state index in [4.69, 9.17) is 0 Å². The molecule has 2 aromatic rings. The molecule has 0 bridgehead atoms. The summed E-state index contributed by atoms with van der Waals surface area (Å²) >= 11 is 5.11. The van der Waals surface area contributed by atoms with Gasteiger partial charge in [0.05, 0.1) is 0 Å². The lowest BCUT2D eigenvalue weighted by molar-refractivity contribution is 0.591. The van der Waals surface area contributed by atoms with Crippen LogP contribution in [0.1, 0.15) is 21.4 Å². The highest BCUT2D eigenvalue weighted by Crippen LogP contribution is 2.26. The SMILES string of the molecule is CNC(Cc1cc(F)cc(Br)c1)c1ccc(C)s1. The Bertz CT molecular complexity index is 518. The third-order valence-corrected chi connectivity index (χ3v) is 4.39. The van der Waals surface area contributed by atoms with Crippen molar-refractivity contribution in [1.82, 2.24) is 5.32 Å². The first-order valence-corrected chi connectivity index (χ1v) is 7.38. The van der Waals surface area contributed by atoms with Gasteiger partial charge in [0.1, 0.15) is 5.82 Å². The van der Waals surface area contributed by atoms with E-state index in [1.165, 1.54) is 15.8 Å². The molecule has 0 saturated heterocycles. The zero-order chi connectivity index (χ0) is 13.1. The van der Waals surface area contributed by atoms with E-state index in [1.54, 1.807) is 17.4 Å². The zero-order valence-electron chi connectivity index (χ0n) is 10.3. The number of rotatable bonds is 4. The predicted octanol–water partition coefficient (Wildman–Crippen LogP) is 4.46. The van der Waals surface area contributed by atoms with E-state index in [2.05, 4.69) is 40.3 Å². The van der Waals surface area contributed by atoms with Gasteiger partial charge in [-0.3, -0.25) is 0 Å². The van der Waals surface area contributed by atoms with Gasteiger partial charge in [0, 0.05) is 20.3 Å². The van der Waals surface area contributed by atoms with Crippen LogP contribution in [0.4, 0.5) is 4.39 Å². The molecule has 0 spiro atoms. The third kappa shape index (κ3) is 3.40. The highest BCUT2D eigenvalue weighted by molar-refractivity contribution is 9.10. The van der Waals surface area contributed by atoms with Crippen molar-refractivity contribution in [1.29, 1.82) is 0 Å². The number of likely N-dealkylation sites (N-methyl/N-ethyl adjacent to an activating group) is 1. The van der Waals surface area contributed by atoms with E-state index >= 15 is 0 Å². The summed E-state index contributed by atoms with van der Waals surface area (Å²) in [5.41, 5.74) is 0.993. The fraction of sp³-hybridized carbons (Fsp3) is 0.286. The van der Waals surface area contributed by atoms with Crippen molar-refractivity contribution in [3.8, 4) is 0 Å². The molecule has 0 fully saturated rings. The second-order valence-electron chi connectivity index (χ2n) is 4.27. The molecule has 0 aliphatic rings. The van der Waals surface area contributed by atoms with Gasteiger partial charge >= 0.3 is 0 Å². The fourth-order valence-electron chi connectivity index (χ4n) is 1.95. The lowest BCUT2D eigenvalue weighted by atomic mass is 10.0. The van der Waals surface area contributed by atoms with Gasteiger partial charge in [-0.25, -0.2) is 4.39 Å². The van der Waals surface area contributed by atoms with Crippen LogP contribution in [0.3, 0.4) is 0 Å². The summed E-state index contributed by atoms with van der Waals surface area (Å²) in [5.74, 6) is -0.198. The number of hydrogen-bond donors (Lipinski definition) is 1. The van der Waals surface area contributed by atoms with Crippen molar-refractivity contribution >= 4 is 27.3 Å². The summed E-state index contributed by atoms with van der Waals surface area (Å²) in [6.07, 6.45) is 0.785. The highest BCUT2D eigenvalue weighted by atomic mass is 79.9. The molecule has 1 N–H and O–H groups in total. The zero-order valence-corrected chi connectivity index (χ0v) is 12.7. The van der Waals surface area contributed by atoms with Crippen molar-refractivity contribution in [2.24, 2.45) is 0 Å². The van der Waals surface area contributed by atoms with Crippen LogP contribution in [0.2, 0.25) is 0 Å². The topological polar surface area (TPSA) is 12.0 Å². The average Bonchev–Trinajstić information content (AvgIpc) is 2.71. The van der Waals surface area contributed by atoms with Gasteiger partial charge in [0.25, 0.3) is 0 Å². The quantitative estimate of drug-likeness (QED) is 0.874. The third-order valence-electron chi connectivity index (χ3n) is 2.82. The smallest absolute Gasteiger partial charge is 0.124 e. The molecule has 1 atom stereocenters. The van der Waals surface area contributed by atoms with E-state index in [1.807, 2.05) is 13.1 Å². The minimum atomic E-state index is -0.198. The van der Waals surface area contributed by atoms with E-state index in [0.717, 1.165) is 16.5 Å². The van der Waals surface area contributed by atoms with Crippen LogP contribution < -0.4 is 5.32 Å². The van der Waals surface area contributed by atoms with Crippen molar-refractivity contribution in [3.63, 3.8) is 0 Å². The molecule has 0 aliphatic carbocycles. The van der Waals surface area contributed by atoms with E-state index in [-0.39, 0.29) is 11.9 Å². The second kappa shape index (κ2) is 5.95. The molecule has 1 nitrogen and oxygen atoms in total. The molecular weight excluding hydrogens is 313 g/mol. The molecule has 96 valence electrons. The molecule has 1 unspecified atom stereocenters. The van der Waals surface area contributed by atoms with Crippen LogP contribution >= 0.6 is 27.3 Å². The summed E-state index contributed by atoms with van der Waals surface area (Å²) in [6, 6.07) is 9.52. The van der Waals surface area contributed by atoms with Gasteiger partial charge in [-0.2, -0.15) is 0 Å². The molecular formula is C14H15BrFNS.